The van der Waals surface area contributed by atoms with Crippen LogP contribution in [-0.4, -0.2) is 89.5 Å². The summed E-state index contributed by atoms with van der Waals surface area (Å²) in [6.07, 6.45) is 0. The van der Waals surface area contributed by atoms with Crippen LogP contribution in [-0.2, 0) is 17.9 Å². The van der Waals surface area contributed by atoms with Crippen LogP contribution in [0.1, 0.15) is 25.0 Å². The number of urea groups is 1. The number of anilines is 1. The Balaban J connectivity index is 1.12. The SMILES string of the molecule is CC1CN(C(=O)COc2ccc(Cl)cc2CN2CCN(C(=O)Nc3ccc(F)c(F)c3F)CC2)C(C)CN1Cc1ccc(F)cc1. The third-order valence-corrected chi connectivity index (χ3v) is 8.67. The fourth-order valence-corrected chi connectivity index (χ4v) is 5.99. The first-order valence-electron chi connectivity index (χ1n) is 15.1. The summed E-state index contributed by atoms with van der Waals surface area (Å²) < 4.78 is 60.1. The van der Waals surface area contributed by atoms with Gasteiger partial charge in [0.05, 0.1) is 5.69 Å². The molecular weight excluding hydrogens is 626 g/mol. The molecule has 0 aliphatic carbocycles. The van der Waals surface area contributed by atoms with E-state index in [1.54, 1.807) is 30.3 Å². The summed E-state index contributed by atoms with van der Waals surface area (Å²) in [4.78, 5) is 33.6. The Bertz CT molecular complexity index is 1550. The Morgan fingerprint density at radius 1 is 0.870 bits per heavy atom. The van der Waals surface area contributed by atoms with E-state index < -0.39 is 29.2 Å². The first-order chi connectivity index (χ1) is 22.0. The maximum Gasteiger partial charge on any atom is 0.322 e. The van der Waals surface area contributed by atoms with E-state index in [-0.39, 0.29) is 30.4 Å². The molecule has 1 N–H and O–H groups in total. The van der Waals surface area contributed by atoms with Gasteiger partial charge in [-0.3, -0.25) is 14.6 Å². The first-order valence-corrected chi connectivity index (χ1v) is 15.5. The van der Waals surface area contributed by atoms with Crippen molar-refractivity contribution in [2.24, 2.45) is 0 Å². The molecule has 0 bridgehead atoms. The van der Waals surface area contributed by atoms with Gasteiger partial charge in [-0.1, -0.05) is 23.7 Å². The van der Waals surface area contributed by atoms with Crippen molar-refractivity contribution in [2.45, 2.75) is 39.0 Å². The van der Waals surface area contributed by atoms with Crippen LogP contribution in [0.25, 0.3) is 0 Å². The van der Waals surface area contributed by atoms with Crippen LogP contribution in [0.2, 0.25) is 5.02 Å². The van der Waals surface area contributed by atoms with Gasteiger partial charge in [-0.25, -0.2) is 22.4 Å². The van der Waals surface area contributed by atoms with E-state index in [9.17, 15) is 27.2 Å². The van der Waals surface area contributed by atoms with E-state index >= 15 is 0 Å². The minimum atomic E-state index is -1.64. The lowest BCUT2D eigenvalue weighted by Gasteiger charge is -2.44. The number of amides is 3. The van der Waals surface area contributed by atoms with Gasteiger partial charge in [-0.2, -0.15) is 0 Å². The molecule has 5 rings (SSSR count). The van der Waals surface area contributed by atoms with Crippen LogP contribution >= 0.6 is 11.6 Å². The van der Waals surface area contributed by atoms with Crippen molar-refractivity contribution in [1.29, 1.82) is 0 Å². The minimum Gasteiger partial charge on any atom is -0.483 e. The van der Waals surface area contributed by atoms with Gasteiger partial charge in [0.15, 0.2) is 24.1 Å². The molecule has 46 heavy (non-hydrogen) atoms. The second-order valence-corrected chi connectivity index (χ2v) is 12.2. The van der Waals surface area contributed by atoms with Gasteiger partial charge in [0, 0.05) is 75.0 Å². The molecule has 2 atom stereocenters. The zero-order chi connectivity index (χ0) is 33.0. The van der Waals surface area contributed by atoms with Crippen LogP contribution in [0.5, 0.6) is 5.75 Å². The second-order valence-electron chi connectivity index (χ2n) is 11.8. The molecule has 3 aromatic rings. The van der Waals surface area contributed by atoms with E-state index in [2.05, 4.69) is 22.0 Å². The van der Waals surface area contributed by atoms with Crippen molar-refractivity contribution in [3.8, 4) is 5.75 Å². The predicted molar refractivity (Wildman–Crippen MR) is 167 cm³/mol. The number of hydrogen-bond acceptors (Lipinski definition) is 5. The molecule has 3 aromatic carbocycles. The molecule has 0 spiro atoms. The third-order valence-electron chi connectivity index (χ3n) is 8.44. The summed E-state index contributed by atoms with van der Waals surface area (Å²) in [7, 11) is 0. The first kappa shape index (κ1) is 33.5. The number of nitrogens with zero attached hydrogens (tertiary/aromatic N) is 4. The number of halogens is 5. The van der Waals surface area contributed by atoms with Gasteiger partial charge in [0.2, 0.25) is 0 Å². The highest BCUT2D eigenvalue weighted by Gasteiger charge is 2.32. The Morgan fingerprint density at radius 2 is 1.59 bits per heavy atom. The minimum absolute atomic E-state index is 0.0375. The average Bonchev–Trinajstić information content (AvgIpc) is 3.03. The number of ether oxygens (including phenoxy) is 1. The second kappa shape index (κ2) is 14.7. The standard InChI is InChI=1S/C33H36ClF4N5O3/c1-21-17-43(22(2)16-42(21)18-23-3-6-26(35)7-4-23)30(44)20-46-29-10-5-25(34)15-24(29)19-40-11-13-41(14-12-40)33(45)39-28-9-8-27(36)31(37)32(28)38/h3-10,15,21-22H,11-14,16-20H2,1-2H3,(H,39,45). The quantitative estimate of drug-likeness (QED) is 0.246. The highest BCUT2D eigenvalue weighted by Crippen LogP contribution is 2.26. The fourth-order valence-electron chi connectivity index (χ4n) is 5.79. The Hall–Kier alpha value is -3.87. The summed E-state index contributed by atoms with van der Waals surface area (Å²) in [5.41, 5.74) is 1.37. The van der Waals surface area contributed by atoms with Crippen molar-refractivity contribution in [2.75, 3.05) is 51.2 Å². The maximum absolute atomic E-state index is 14.0. The smallest absolute Gasteiger partial charge is 0.322 e. The van der Waals surface area contributed by atoms with Gasteiger partial charge in [0.1, 0.15) is 11.6 Å². The molecule has 0 saturated carbocycles. The average molecular weight is 662 g/mol. The van der Waals surface area contributed by atoms with Crippen LogP contribution in [0, 0.1) is 23.3 Å². The molecule has 2 unspecified atom stereocenters. The number of carbonyl (C=O) groups is 2. The van der Waals surface area contributed by atoms with E-state index in [0.717, 1.165) is 23.3 Å². The summed E-state index contributed by atoms with van der Waals surface area (Å²) in [6.45, 7) is 7.86. The molecule has 2 heterocycles. The molecule has 2 aliphatic heterocycles. The van der Waals surface area contributed by atoms with Crippen LogP contribution in [0.4, 0.5) is 28.0 Å². The van der Waals surface area contributed by atoms with E-state index in [0.29, 0.717) is 63.1 Å². The lowest BCUT2D eigenvalue weighted by molar-refractivity contribution is -0.139. The van der Waals surface area contributed by atoms with E-state index in [1.165, 1.54) is 17.0 Å². The number of rotatable bonds is 8. The molecule has 3 amide bonds. The Labute approximate surface area is 270 Å². The lowest BCUT2D eigenvalue weighted by atomic mass is 10.1. The number of benzene rings is 3. The molecule has 8 nitrogen and oxygen atoms in total. The van der Waals surface area contributed by atoms with Crippen molar-refractivity contribution in [1.82, 2.24) is 19.6 Å². The maximum atomic E-state index is 14.0. The van der Waals surface area contributed by atoms with Crippen molar-refractivity contribution < 1.29 is 31.9 Å². The molecule has 0 aromatic heterocycles. The molecule has 2 fully saturated rings. The fraction of sp³-hybridized carbons (Fsp3) is 0.394. The van der Waals surface area contributed by atoms with Crippen LogP contribution in [0.3, 0.4) is 0 Å². The number of hydrogen-bond donors (Lipinski definition) is 1. The monoisotopic (exact) mass is 661 g/mol. The Morgan fingerprint density at radius 3 is 2.30 bits per heavy atom. The van der Waals surface area contributed by atoms with Gasteiger partial charge < -0.3 is 19.9 Å². The third kappa shape index (κ3) is 8.09. The topological polar surface area (TPSA) is 68.4 Å². The lowest BCUT2D eigenvalue weighted by Crippen LogP contribution is -2.58. The van der Waals surface area contributed by atoms with Gasteiger partial charge >= 0.3 is 6.03 Å². The molecule has 0 radical (unpaired) electrons. The van der Waals surface area contributed by atoms with Gasteiger partial charge in [0.25, 0.3) is 5.91 Å². The van der Waals surface area contributed by atoms with E-state index in [1.807, 2.05) is 11.8 Å². The summed E-state index contributed by atoms with van der Waals surface area (Å²) in [5.74, 6) is -4.29. The van der Waals surface area contributed by atoms with Crippen molar-refractivity contribution >= 4 is 29.2 Å². The number of nitrogens with one attached hydrogen (secondary N) is 1. The highest BCUT2D eigenvalue weighted by atomic mass is 35.5. The number of carbonyl (C=O) groups excluding carboxylic acids is 2. The van der Waals surface area contributed by atoms with Gasteiger partial charge in [-0.05, 0) is 61.9 Å². The van der Waals surface area contributed by atoms with Crippen molar-refractivity contribution in [3.63, 3.8) is 0 Å². The summed E-state index contributed by atoms with van der Waals surface area (Å²) >= 11 is 6.29. The molecular formula is C33H36ClF4N5O3. The molecule has 246 valence electrons. The van der Waals surface area contributed by atoms with E-state index in [4.69, 9.17) is 16.3 Å². The van der Waals surface area contributed by atoms with Crippen LogP contribution in [0.15, 0.2) is 54.6 Å². The van der Waals surface area contributed by atoms with Crippen LogP contribution < -0.4 is 10.1 Å². The summed E-state index contributed by atoms with van der Waals surface area (Å²) in [5, 5.41) is 2.82. The molecule has 2 saturated heterocycles. The number of piperazine rings is 2. The highest BCUT2D eigenvalue weighted by molar-refractivity contribution is 6.30. The predicted octanol–water partition coefficient (Wildman–Crippen LogP) is 5.75. The van der Waals surface area contributed by atoms with Crippen molar-refractivity contribution in [3.05, 3.63) is 94.0 Å². The van der Waals surface area contributed by atoms with Gasteiger partial charge in [-0.15, -0.1) is 0 Å². The zero-order valence-corrected chi connectivity index (χ0v) is 26.4. The Kier molecular flexibility index (Phi) is 10.7. The summed E-state index contributed by atoms with van der Waals surface area (Å²) in [6, 6.07) is 12.9. The molecule has 13 heteroatoms. The normalized spacial score (nSPS) is 19.3. The zero-order valence-electron chi connectivity index (χ0n) is 25.6. The largest absolute Gasteiger partial charge is 0.483 e. The molecule has 2 aliphatic rings.